The van der Waals surface area contributed by atoms with Gasteiger partial charge in [0.05, 0.1) is 6.20 Å². The van der Waals surface area contributed by atoms with E-state index in [1.54, 1.807) is 17.9 Å². The van der Waals surface area contributed by atoms with E-state index in [1.165, 1.54) is 0 Å². The Balaban J connectivity index is 2.12. The number of anilines is 1. The lowest BCUT2D eigenvalue weighted by Crippen LogP contribution is -2.29. The first-order valence-corrected chi connectivity index (χ1v) is 6.34. The summed E-state index contributed by atoms with van der Waals surface area (Å²) in [6, 6.07) is 7.67. The van der Waals surface area contributed by atoms with Crippen LogP contribution in [0.5, 0.6) is 0 Å². The maximum absolute atomic E-state index is 6.00. The van der Waals surface area contributed by atoms with Gasteiger partial charge in [0.2, 0.25) is 0 Å². The summed E-state index contributed by atoms with van der Waals surface area (Å²) in [6.45, 7) is 2.01. The molecule has 2 heterocycles. The van der Waals surface area contributed by atoms with Crippen molar-refractivity contribution in [1.29, 1.82) is 0 Å². The quantitative estimate of drug-likeness (QED) is 0.497. The molecular formula is C14H17N5O. The number of nitrogens with zero attached hydrogens (tertiary/aromatic N) is 2. The monoisotopic (exact) mass is 271 g/mol. The van der Waals surface area contributed by atoms with Gasteiger partial charge in [-0.3, -0.25) is 10.5 Å². The normalized spacial score (nSPS) is 12.9. The lowest BCUT2D eigenvalue weighted by Gasteiger charge is -2.12. The van der Waals surface area contributed by atoms with Crippen molar-refractivity contribution in [2.45, 2.75) is 13.0 Å². The van der Waals surface area contributed by atoms with E-state index in [2.05, 4.69) is 10.5 Å². The molecule has 3 aromatic rings. The number of nitrogen functional groups attached to an aromatic ring is 1. The van der Waals surface area contributed by atoms with Crippen molar-refractivity contribution in [2.24, 2.45) is 12.9 Å². The molecule has 20 heavy (non-hydrogen) atoms. The number of hydrazine groups is 1. The number of benzene rings is 1. The van der Waals surface area contributed by atoms with Crippen LogP contribution < -0.4 is 17.0 Å². The summed E-state index contributed by atoms with van der Waals surface area (Å²) in [5.74, 6) is 6.95. The van der Waals surface area contributed by atoms with Crippen LogP contribution in [0.15, 0.2) is 34.9 Å². The number of nitrogens with one attached hydrogen (secondary N) is 1. The van der Waals surface area contributed by atoms with Crippen molar-refractivity contribution in [1.82, 2.24) is 15.2 Å². The number of nitrogens with two attached hydrogens (primary N) is 2. The van der Waals surface area contributed by atoms with E-state index in [0.717, 1.165) is 27.9 Å². The Kier molecular flexibility index (Phi) is 2.96. The van der Waals surface area contributed by atoms with E-state index in [-0.39, 0.29) is 6.04 Å². The van der Waals surface area contributed by atoms with Crippen LogP contribution in [-0.2, 0) is 7.05 Å². The molecule has 0 radical (unpaired) electrons. The molecule has 0 spiro atoms. The fourth-order valence-corrected chi connectivity index (χ4v) is 2.38. The molecule has 6 nitrogen and oxygen atoms in total. The molecule has 0 aliphatic heterocycles. The molecule has 2 aromatic heterocycles. The number of fused-ring (bicyclic) bond motifs is 1. The number of para-hydroxylation sites is 1. The van der Waals surface area contributed by atoms with Gasteiger partial charge in [0.25, 0.3) is 0 Å². The van der Waals surface area contributed by atoms with E-state index < -0.39 is 0 Å². The summed E-state index contributed by atoms with van der Waals surface area (Å²) in [5, 5.41) is 5.18. The number of hydrogen-bond donors (Lipinski definition) is 3. The van der Waals surface area contributed by atoms with E-state index in [9.17, 15) is 0 Å². The van der Waals surface area contributed by atoms with Gasteiger partial charge in [0.15, 0.2) is 0 Å². The second-order valence-electron chi connectivity index (χ2n) is 4.85. The predicted molar refractivity (Wildman–Crippen MR) is 77.7 cm³/mol. The molecule has 0 saturated carbocycles. The standard InChI is InChI=1S/C14H17N5O/c1-8-4-3-5-9-6-11(20-13(8)9)12(18-16)10-7-17-19(2)14(10)15/h3-7,12,18H,15-16H2,1-2H3. The van der Waals surface area contributed by atoms with Crippen molar-refractivity contribution in [3.8, 4) is 0 Å². The first-order valence-electron chi connectivity index (χ1n) is 6.34. The summed E-state index contributed by atoms with van der Waals surface area (Å²) in [6.07, 6.45) is 1.69. The summed E-state index contributed by atoms with van der Waals surface area (Å²) < 4.78 is 7.54. The third kappa shape index (κ3) is 1.86. The highest BCUT2D eigenvalue weighted by atomic mass is 16.3. The number of furan rings is 1. The molecule has 104 valence electrons. The van der Waals surface area contributed by atoms with Crippen molar-refractivity contribution in [3.63, 3.8) is 0 Å². The van der Waals surface area contributed by atoms with Crippen molar-refractivity contribution >= 4 is 16.8 Å². The Morgan fingerprint density at radius 3 is 2.80 bits per heavy atom. The van der Waals surface area contributed by atoms with Gasteiger partial charge in [0, 0.05) is 18.0 Å². The first-order chi connectivity index (χ1) is 9.61. The van der Waals surface area contributed by atoms with Gasteiger partial charge in [0.1, 0.15) is 23.2 Å². The number of aryl methyl sites for hydroxylation is 2. The second kappa shape index (κ2) is 4.66. The molecule has 0 bridgehead atoms. The van der Waals surface area contributed by atoms with Crippen molar-refractivity contribution < 1.29 is 4.42 Å². The topological polar surface area (TPSA) is 95.0 Å². The average Bonchev–Trinajstić information content (AvgIpc) is 2.99. The highest BCUT2D eigenvalue weighted by molar-refractivity contribution is 5.81. The van der Waals surface area contributed by atoms with E-state index in [0.29, 0.717) is 5.82 Å². The minimum Gasteiger partial charge on any atom is -0.459 e. The third-order valence-corrected chi connectivity index (χ3v) is 3.54. The Labute approximate surface area is 116 Å². The Bertz CT molecular complexity index is 758. The largest absolute Gasteiger partial charge is 0.459 e. The second-order valence-corrected chi connectivity index (χ2v) is 4.85. The summed E-state index contributed by atoms with van der Waals surface area (Å²) in [7, 11) is 1.79. The number of rotatable bonds is 3. The van der Waals surface area contributed by atoms with Gasteiger partial charge in [-0.1, -0.05) is 18.2 Å². The number of aromatic nitrogens is 2. The fraction of sp³-hybridized carbons (Fsp3) is 0.214. The van der Waals surface area contributed by atoms with Crippen LogP contribution in [0.1, 0.15) is 22.9 Å². The average molecular weight is 271 g/mol. The molecule has 5 N–H and O–H groups in total. The van der Waals surface area contributed by atoms with Crippen LogP contribution in [0.25, 0.3) is 11.0 Å². The summed E-state index contributed by atoms with van der Waals surface area (Å²) >= 11 is 0. The number of hydrogen-bond acceptors (Lipinski definition) is 5. The van der Waals surface area contributed by atoms with Crippen LogP contribution in [0.4, 0.5) is 5.82 Å². The molecular weight excluding hydrogens is 254 g/mol. The van der Waals surface area contributed by atoms with Crippen LogP contribution >= 0.6 is 0 Å². The first kappa shape index (κ1) is 12.7. The van der Waals surface area contributed by atoms with Crippen LogP contribution in [0, 0.1) is 6.92 Å². The lowest BCUT2D eigenvalue weighted by atomic mass is 10.1. The summed E-state index contributed by atoms with van der Waals surface area (Å²) in [4.78, 5) is 0. The van der Waals surface area contributed by atoms with Gasteiger partial charge in [-0.2, -0.15) is 5.10 Å². The Morgan fingerprint density at radius 2 is 2.20 bits per heavy atom. The maximum atomic E-state index is 6.00. The molecule has 0 aliphatic rings. The molecule has 3 rings (SSSR count). The maximum Gasteiger partial charge on any atom is 0.137 e. The van der Waals surface area contributed by atoms with Crippen molar-refractivity contribution in [3.05, 3.63) is 47.3 Å². The highest BCUT2D eigenvalue weighted by Crippen LogP contribution is 2.31. The molecule has 1 atom stereocenters. The van der Waals surface area contributed by atoms with Crippen LogP contribution in [0.2, 0.25) is 0 Å². The van der Waals surface area contributed by atoms with Gasteiger partial charge in [-0.05, 0) is 18.6 Å². The smallest absolute Gasteiger partial charge is 0.137 e. The third-order valence-electron chi connectivity index (χ3n) is 3.54. The Morgan fingerprint density at radius 1 is 1.40 bits per heavy atom. The molecule has 6 heteroatoms. The molecule has 1 unspecified atom stereocenters. The van der Waals surface area contributed by atoms with Crippen LogP contribution in [0.3, 0.4) is 0 Å². The van der Waals surface area contributed by atoms with E-state index >= 15 is 0 Å². The molecule has 0 saturated heterocycles. The molecule has 0 fully saturated rings. The SMILES string of the molecule is Cc1cccc2cc(C(NN)c3cnn(C)c3N)oc12. The van der Waals surface area contributed by atoms with Gasteiger partial charge in [-0.15, -0.1) is 0 Å². The predicted octanol–water partition coefficient (Wildman–Crippen LogP) is 1.61. The van der Waals surface area contributed by atoms with Gasteiger partial charge in [-0.25, -0.2) is 5.43 Å². The summed E-state index contributed by atoms with van der Waals surface area (Å²) in [5.41, 5.74) is 11.5. The van der Waals surface area contributed by atoms with Crippen LogP contribution in [-0.4, -0.2) is 9.78 Å². The van der Waals surface area contributed by atoms with Crippen molar-refractivity contribution in [2.75, 3.05) is 5.73 Å². The minimum absolute atomic E-state index is 0.324. The van der Waals surface area contributed by atoms with E-state index in [1.807, 2.05) is 31.2 Å². The zero-order chi connectivity index (χ0) is 14.3. The zero-order valence-corrected chi connectivity index (χ0v) is 11.4. The molecule has 0 amide bonds. The lowest BCUT2D eigenvalue weighted by molar-refractivity contribution is 0.477. The molecule has 0 aliphatic carbocycles. The zero-order valence-electron chi connectivity index (χ0n) is 11.4. The minimum atomic E-state index is -0.324. The Hall–Kier alpha value is -2.31. The van der Waals surface area contributed by atoms with Gasteiger partial charge >= 0.3 is 0 Å². The molecule has 1 aromatic carbocycles. The van der Waals surface area contributed by atoms with E-state index in [4.69, 9.17) is 16.0 Å². The highest BCUT2D eigenvalue weighted by Gasteiger charge is 2.22. The fourth-order valence-electron chi connectivity index (χ4n) is 2.38. The van der Waals surface area contributed by atoms with Gasteiger partial charge < -0.3 is 10.2 Å².